The van der Waals surface area contributed by atoms with Crippen LogP contribution in [0.1, 0.15) is 45.1 Å². The largest absolute Gasteiger partial charge is 0.493 e. The summed E-state index contributed by atoms with van der Waals surface area (Å²) in [6, 6.07) is 14.8. The number of hydrogen-bond acceptors (Lipinski definition) is 7. The van der Waals surface area contributed by atoms with Crippen LogP contribution in [0.2, 0.25) is 0 Å². The molecular weight excluding hydrogens is 458 g/mol. The molecule has 0 spiro atoms. The first-order valence-corrected chi connectivity index (χ1v) is 12.1. The van der Waals surface area contributed by atoms with Gasteiger partial charge in [0, 0.05) is 29.0 Å². The van der Waals surface area contributed by atoms with Crippen LogP contribution in [0.25, 0.3) is 0 Å². The third-order valence-corrected chi connectivity index (χ3v) is 6.53. The number of rotatable bonds is 8. The second-order valence-corrected chi connectivity index (χ2v) is 9.81. The van der Waals surface area contributed by atoms with E-state index in [9.17, 15) is 9.59 Å². The van der Waals surface area contributed by atoms with E-state index < -0.39 is 11.9 Å². The second kappa shape index (κ2) is 10.5. The summed E-state index contributed by atoms with van der Waals surface area (Å²) < 4.78 is 22.5. The van der Waals surface area contributed by atoms with Gasteiger partial charge >= 0.3 is 5.97 Å². The van der Waals surface area contributed by atoms with Crippen molar-refractivity contribution in [3.63, 3.8) is 0 Å². The molecule has 190 valence electrons. The fourth-order valence-corrected chi connectivity index (χ4v) is 5.05. The van der Waals surface area contributed by atoms with Gasteiger partial charge in [0.25, 0.3) is 0 Å². The van der Waals surface area contributed by atoms with Crippen LogP contribution in [0.15, 0.2) is 71.1 Å². The number of ether oxygens (including phenoxy) is 4. The first-order chi connectivity index (χ1) is 17.3. The summed E-state index contributed by atoms with van der Waals surface area (Å²) >= 11 is 0. The van der Waals surface area contributed by atoms with Crippen molar-refractivity contribution in [2.75, 3.05) is 27.4 Å². The molecule has 1 aliphatic heterocycles. The molecule has 36 heavy (non-hydrogen) atoms. The zero-order valence-corrected chi connectivity index (χ0v) is 21.5. The number of carbonyl (C=O) groups is 2. The minimum atomic E-state index is -0.641. The summed E-state index contributed by atoms with van der Waals surface area (Å²) in [6.07, 6.45) is 1.09. The molecule has 0 saturated carbocycles. The number of methoxy groups -OCH3 is 2. The Labute approximate surface area is 212 Å². The van der Waals surface area contributed by atoms with E-state index in [4.69, 9.17) is 18.9 Å². The van der Waals surface area contributed by atoms with Gasteiger partial charge in [-0.3, -0.25) is 4.79 Å². The van der Waals surface area contributed by atoms with Gasteiger partial charge in [-0.15, -0.1) is 0 Å². The highest BCUT2D eigenvalue weighted by Gasteiger charge is 2.44. The number of hydrogen-bond donors (Lipinski definition) is 1. The number of dihydropyridines is 1. The monoisotopic (exact) mass is 491 g/mol. The highest BCUT2D eigenvalue weighted by Crippen LogP contribution is 2.50. The summed E-state index contributed by atoms with van der Waals surface area (Å²) in [5.41, 5.74) is 2.97. The minimum absolute atomic E-state index is 0.00818. The molecule has 2 aliphatic rings. The van der Waals surface area contributed by atoms with E-state index in [0.29, 0.717) is 52.5 Å². The summed E-state index contributed by atoms with van der Waals surface area (Å²) in [6.45, 7) is 6.27. The summed E-state index contributed by atoms with van der Waals surface area (Å²) in [4.78, 5) is 27.0. The Morgan fingerprint density at radius 2 is 1.75 bits per heavy atom. The maximum absolute atomic E-state index is 13.5. The predicted octanol–water partition coefficient (Wildman–Crippen LogP) is 4.93. The lowest BCUT2D eigenvalue weighted by molar-refractivity contribution is -0.140. The van der Waals surface area contributed by atoms with Crippen molar-refractivity contribution < 1.29 is 28.5 Å². The van der Waals surface area contributed by atoms with E-state index in [2.05, 4.69) is 19.2 Å². The highest BCUT2D eigenvalue weighted by molar-refractivity contribution is 6.04. The zero-order chi connectivity index (χ0) is 25.9. The van der Waals surface area contributed by atoms with E-state index in [1.165, 1.54) is 0 Å². The van der Waals surface area contributed by atoms with Crippen molar-refractivity contribution in [1.82, 2.24) is 5.32 Å². The van der Waals surface area contributed by atoms with Crippen molar-refractivity contribution in [1.29, 1.82) is 0 Å². The normalized spacial score (nSPS) is 18.8. The predicted molar refractivity (Wildman–Crippen MR) is 136 cm³/mol. The van der Waals surface area contributed by atoms with E-state index in [1.54, 1.807) is 20.3 Å². The SMILES string of the molecule is COc1cccc(C2C(C(=O)OCCOc3ccccc3)=C(C)NC3=C2C(=O)CC(C)(C)C3)c1OC. The van der Waals surface area contributed by atoms with Gasteiger partial charge in [0.05, 0.1) is 25.7 Å². The van der Waals surface area contributed by atoms with Crippen molar-refractivity contribution in [2.24, 2.45) is 5.41 Å². The van der Waals surface area contributed by atoms with Crippen LogP contribution in [0.5, 0.6) is 17.2 Å². The van der Waals surface area contributed by atoms with Crippen LogP contribution in [0.4, 0.5) is 0 Å². The minimum Gasteiger partial charge on any atom is -0.493 e. The van der Waals surface area contributed by atoms with E-state index in [-0.39, 0.29) is 24.4 Å². The molecule has 0 saturated heterocycles. The Kier molecular flexibility index (Phi) is 7.38. The lowest BCUT2D eigenvalue weighted by Crippen LogP contribution is -2.39. The Morgan fingerprint density at radius 1 is 1.00 bits per heavy atom. The topological polar surface area (TPSA) is 83.1 Å². The molecule has 1 unspecified atom stereocenters. The van der Waals surface area contributed by atoms with Crippen LogP contribution in [0.3, 0.4) is 0 Å². The van der Waals surface area contributed by atoms with Crippen LogP contribution in [-0.2, 0) is 14.3 Å². The summed E-state index contributed by atoms with van der Waals surface area (Å²) in [5, 5.41) is 3.35. The smallest absolute Gasteiger partial charge is 0.336 e. The van der Waals surface area contributed by atoms with Gasteiger partial charge in [0.2, 0.25) is 0 Å². The average molecular weight is 492 g/mol. The molecule has 2 aromatic carbocycles. The Bertz CT molecular complexity index is 1210. The standard InChI is InChI=1S/C29H33NO6/c1-18-24(28(32)36-15-14-35-19-10-7-6-8-11-19)25(20-12-9-13-23(33-4)27(20)34-5)26-21(30-18)16-29(2,3)17-22(26)31/h6-13,25,30H,14-17H2,1-5H3. The van der Waals surface area contributed by atoms with Crippen molar-refractivity contribution >= 4 is 11.8 Å². The number of allylic oxidation sites excluding steroid dienone is 3. The Balaban J connectivity index is 1.68. The molecule has 0 amide bonds. The van der Waals surface area contributed by atoms with Crippen molar-refractivity contribution in [3.8, 4) is 17.2 Å². The van der Waals surface area contributed by atoms with Gasteiger partial charge < -0.3 is 24.3 Å². The van der Waals surface area contributed by atoms with Crippen LogP contribution >= 0.6 is 0 Å². The zero-order valence-electron chi connectivity index (χ0n) is 21.5. The van der Waals surface area contributed by atoms with Gasteiger partial charge in [-0.2, -0.15) is 0 Å². The maximum Gasteiger partial charge on any atom is 0.336 e. The molecule has 1 N–H and O–H groups in total. The molecule has 0 radical (unpaired) electrons. The molecule has 7 heteroatoms. The third-order valence-electron chi connectivity index (χ3n) is 6.53. The average Bonchev–Trinajstić information content (AvgIpc) is 2.84. The lowest BCUT2D eigenvalue weighted by atomic mass is 9.68. The fraction of sp³-hybridized carbons (Fsp3) is 0.379. The molecular formula is C29H33NO6. The number of nitrogens with one attached hydrogen (secondary N) is 1. The van der Waals surface area contributed by atoms with Gasteiger partial charge in [-0.1, -0.05) is 44.2 Å². The molecule has 7 nitrogen and oxygen atoms in total. The van der Waals surface area contributed by atoms with E-state index in [1.807, 2.05) is 49.4 Å². The number of esters is 1. The molecule has 0 aromatic heterocycles. The summed E-state index contributed by atoms with van der Waals surface area (Å²) in [7, 11) is 3.12. The second-order valence-electron chi connectivity index (χ2n) is 9.81. The number of carbonyl (C=O) groups excluding carboxylic acids is 2. The maximum atomic E-state index is 13.5. The fourth-order valence-electron chi connectivity index (χ4n) is 5.05. The number of para-hydroxylation sites is 2. The Hall–Kier alpha value is -3.74. The molecule has 0 fully saturated rings. The Morgan fingerprint density at radius 3 is 2.44 bits per heavy atom. The van der Waals surface area contributed by atoms with Crippen molar-refractivity contribution in [2.45, 2.75) is 39.5 Å². The molecule has 0 bridgehead atoms. The molecule has 1 heterocycles. The third kappa shape index (κ3) is 5.10. The quantitative estimate of drug-likeness (QED) is 0.414. The molecule has 1 atom stereocenters. The number of benzene rings is 2. The van der Waals surface area contributed by atoms with E-state index in [0.717, 1.165) is 5.70 Å². The van der Waals surface area contributed by atoms with Gasteiger partial charge in [0.1, 0.15) is 19.0 Å². The molecule has 4 rings (SSSR count). The van der Waals surface area contributed by atoms with Crippen molar-refractivity contribution in [3.05, 3.63) is 76.6 Å². The van der Waals surface area contributed by atoms with Crippen LogP contribution in [-0.4, -0.2) is 39.2 Å². The lowest BCUT2D eigenvalue weighted by Gasteiger charge is -2.39. The number of Topliss-reactive ketones (excluding diaryl/α,β-unsaturated/α-hetero) is 1. The van der Waals surface area contributed by atoms with Gasteiger partial charge in [0.15, 0.2) is 17.3 Å². The first-order valence-electron chi connectivity index (χ1n) is 12.1. The molecule has 1 aliphatic carbocycles. The highest BCUT2D eigenvalue weighted by atomic mass is 16.6. The van der Waals surface area contributed by atoms with Crippen LogP contribution < -0.4 is 19.5 Å². The molecule has 2 aromatic rings. The van der Waals surface area contributed by atoms with Gasteiger partial charge in [-0.25, -0.2) is 4.79 Å². The van der Waals surface area contributed by atoms with Gasteiger partial charge in [-0.05, 0) is 37.0 Å². The summed E-state index contributed by atoms with van der Waals surface area (Å²) in [5.74, 6) is 0.581. The van der Waals surface area contributed by atoms with E-state index >= 15 is 0 Å². The van der Waals surface area contributed by atoms with Crippen LogP contribution in [0, 0.1) is 5.41 Å². The first kappa shape index (κ1) is 25.4. The number of ketones is 1.